The fraction of sp³-hybridized carbons (Fsp3) is 0.923. The van der Waals surface area contributed by atoms with Crippen molar-refractivity contribution in [3.63, 3.8) is 0 Å². The van der Waals surface area contributed by atoms with Crippen LogP contribution in [-0.2, 0) is 4.79 Å². The van der Waals surface area contributed by atoms with Crippen molar-refractivity contribution in [1.82, 2.24) is 5.32 Å². The first-order chi connectivity index (χ1) is 7.64. The Hall–Kier alpha value is -0.0500. The zero-order chi connectivity index (χ0) is 12.0. The molecule has 1 aliphatic carbocycles. The summed E-state index contributed by atoms with van der Waals surface area (Å²) in [7, 11) is 0. The topological polar surface area (TPSA) is 29.1 Å². The third-order valence-electron chi connectivity index (χ3n) is 3.93. The molecule has 1 unspecified atom stereocenters. The Morgan fingerprint density at radius 2 is 2.06 bits per heavy atom. The van der Waals surface area contributed by atoms with E-state index < -0.39 is 0 Å². The first kappa shape index (κ1) is 14.0. The summed E-state index contributed by atoms with van der Waals surface area (Å²) in [6.45, 7) is 5.16. The van der Waals surface area contributed by atoms with Gasteiger partial charge in [-0.2, -0.15) is 0 Å². The van der Waals surface area contributed by atoms with Crippen molar-refractivity contribution in [3.8, 4) is 0 Å². The van der Waals surface area contributed by atoms with E-state index >= 15 is 0 Å². The highest BCUT2D eigenvalue weighted by Gasteiger charge is 2.38. The number of hydrogen-bond donors (Lipinski definition) is 1. The first-order valence-corrected chi connectivity index (χ1v) is 7.61. The number of halogens is 1. The minimum atomic E-state index is -0.0336. The Labute approximate surface area is 108 Å². The lowest BCUT2D eigenvalue weighted by Gasteiger charge is -2.26. The summed E-state index contributed by atoms with van der Waals surface area (Å²) < 4.78 is 0. The maximum absolute atomic E-state index is 12.2. The average Bonchev–Trinajstić information content (AvgIpc) is 2.76. The smallest absolute Gasteiger partial charge is 0.226 e. The van der Waals surface area contributed by atoms with Gasteiger partial charge >= 0.3 is 0 Å². The number of alkyl halides is 1. The first-order valence-electron chi connectivity index (χ1n) is 6.49. The highest BCUT2D eigenvalue weighted by atomic mass is 79.9. The normalized spacial score (nSPS) is 20.7. The van der Waals surface area contributed by atoms with Crippen molar-refractivity contribution in [2.45, 2.75) is 52.4 Å². The number of carbonyl (C=O) groups is 1. The molecule has 1 fully saturated rings. The molecule has 1 atom stereocenters. The van der Waals surface area contributed by atoms with E-state index in [0.29, 0.717) is 11.8 Å². The molecule has 0 spiro atoms. The number of amides is 1. The third-order valence-corrected chi connectivity index (χ3v) is 4.39. The van der Waals surface area contributed by atoms with E-state index in [1.165, 1.54) is 12.8 Å². The second-order valence-electron chi connectivity index (χ2n) is 5.13. The molecule has 16 heavy (non-hydrogen) atoms. The molecule has 0 heterocycles. The van der Waals surface area contributed by atoms with Crippen LogP contribution < -0.4 is 5.32 Å². The zero-order valence-electron chi connectivity index (χ0n) is 10.5. The van der Waals surface area contributed by atoms with Gasteiger partial charge < -0.3 is 5.32 Å². The molecule has 0 aromatic rings. The fourth-order valence-corrected chi connectivity index (χ4v) is 3.32. The van der Waals surface area contributed by atoms with E-state index in [0.717, 1.165) is 37.6 Å². The van der Waals surface area contributed by atoms with Crippen LogP contribution in [0, 0.1) is 11.3 Å². The molecular weight excluding hydrogens is 266 g/mol. The fourth-order valence-electron chi connectivity index (χ4n) is 2.54. The summed E-state index contributed by atoms with van der Waals surface area (Å²) >= 11 is 3.43. The minimum Gasteiger partial charge on any atom is -0.355 e. The molecule has 1 N–H and O–H groups in total. The lowest BCUT2D eigenvalue weighted by molar-refractivity contribution is -0.131. The van der Waals surface area contributed by atoms with E-state index in [2.05, 4.69) is 35.1 Å². The quantitative estimate of drug-likeness (QED) is 0.745. The van der Waals surface area contributed by atoms with E-state index in [4.69, 9.17) is 0 Å². The molecule has 1 saturated carbocycles. The summed E-state index contributed by atoms with van der Waals surface area (Å²) in [5.41, 5.74) is -0.0336. The molecule has 0 aliphatic heterocycles. The van der Waals surface area contributed by atoms with Crippen molar-refractivity contribution in [1.29, 1.82) is 0 Å². The molecular formula is C13H24BrNO. The number of carbonyl (C=O) groups excluding carboxylic acids is 1. The van der Waals surface area contributed by atoms with Crippen molar-refractivity contribution in [2.24, 2.45) is 11.3 Å². The lowest BCUT2D eigenvalue weighted by Crippen LogP contribution is -2.40. The molecule has 0 saturated heterocycles. The van der Waals surface area contributed by atoms with Crippen LogP contribution in [0.5, 0.6) is 0 Å². The number of hydrogen-bond acceptors (Lipinski definition) is 1. The second-order valence-corrected chi connectivity index (χ2v) is 5.93. The van der Waals surface area contributed by atoms with Gasteiger partial charge in [0.05, 0.1) is 0 Å². The molecule has 94 valence electrons. The number of rotatable bonds is 6. The molecule has 3 heteroatoms. The van der Waals surface area contributed by atoms with Crippen LogP contribution >= 0.6 is 15.9 Å². The Morgan fingerprint density at radius 1 is 1.44 bits per heavy atom. The van der Waals surface area contributed by atoms with Gasteiger partial charge in [-0.15, -0.1) is 0 Å². The van der Waals surface area contributed by atoms with Crippen LogP contribution in [0.15, 0.2) is 0 Å². The number of nitrogens with one attached hydrogen (secondary N) is 1. The van der Waals surface area contributed by atoms with Crippen LogP contribution in [0.1, 0.15) is 52.4 Å². The van der Waals surface area contributed by atoms with Crippen molar-refractivity contribution >= 4 is 21.8 Å². The largest absolute Gasteiger partial charge is 0.355 e. The Kier molecular flexibility index (Phi) is 5.81. The van der Waals surface area contributed by atoms with Gasteiger partial charge in [-0.1, -0.05) is 42.6 Å². The predicted molar refractivity (Wildman–Crippen MR) is 71.8 cm³/mol. The minimum absolute atomic E-state index is 0.0336. The van der Waals surface area contributed by atoms with Gasteiger partial charge in [-0.05, 0) is 31.6 Å². The van der Waals surface area contributed by atoms with Crippen LogP contribution in [0.3, 0.4) is 0 Å². The average molecular weight is 290 g/mol. The molecule has 0 aromatic heterocycles. The van der Waals surface area contributed by atoms with Crippen LogP contribution in [0.25, 0.3) is 0 Å². The molecule has 1 aliphatic rings. The Balaban J connectivity index is 2.38. The molecule has 0 aromatic carbocycles. The van der Waals surface area contributed by atoms with Crippen molar-refractivity contribution < 1.29 is 4.79 Å². The van der Waals surface area contributed by atoms with Gasteiger partial charge in [-0.25, -0.2) is 0 Å². The maximum Gasteiger partial charge on any atom is 0.226 e. The van der Waals surface area contributed by atoms with Gasteiger partial charge in [-0.3, -0.25) is 4.79 Å². The molecule has 1 amide bonds. The molecule has 0 radical (unpaired) electrons. The summed E-state index contributed by atoms with van der Waals surface area (Å²) in [6.07, 6.45) is 6.73. The van der Waals surface area contributed by atoms with E-state index in [9.17, 15) is 4.79 Å². The Morgan fingerprint density at radius 3 is 2.56 bits per heavy atom. The SMILES string of the molecule is CCC1(C(=O)NCC(C)CCBr)CCCC1. The highest BCUT2D eigenvalue weighted by Crippen LogP contribution is 2.41. The predicted octanol–water partition coefficient (Wildman–Crippen LogP) is 3.49. The molecule has 1 rings (SSSR count). The van der Waals surface area contributed by atoms with E-state index in [1.807, 2.05) is 0 Å². The zero-order valence-corrected chi connectivity index (χ0v) is 12.1. The summed E-state index contributed by atoms with van der Waals surface area (Å²) in [4.78, 5) is 12.2. The molecule has 2 nitrogen and oxygen atoms in total. The van der Waals surface area contributed by atoms with Crippen molar-refractivity contribution in [2.75, 3.05) is 11.9 Å². The van der Waals surface area contributed by atoms with E-state index in [-0.39, 0.29) is 5.41 Å². The third kappa shape index (κ3) is 3.47. The highest BCUT2D eigenvalue weighted by molar-refractivity contribution is 9.09. The summed E-state index contributed by atoms with van der Waals surface area (Å²) in [5, 5.41) is 4.16. The summed E-state index contributed by atoms with van der Waals surface area (Å²) in [5.74, 6) is 0.868. The van der Waals surface area contributed by atoms with Gasteiger partial charge in [0.15, 0.2) is 0 Å². The van der Waals surface area contributed by atoms with Crippen molar-refractivity contribution in [3.05, 3.63) is 0 Å². The van der Waals surface area contributed by atoms with Crippen LogP contribution in [-0.4, -0.2) is 17.8 Å². The van der Waals surface area contributed by atoms with Gasteiger partial charge in [0.25, 0.3) is 0 Å². The van der Waals surface area contributed by atoms with Gasteiger partial charge in [0.1, 0.15) is 0 Å². The van der Waals surface area contributed by atoms with Gasteiger partial charge in [0.2, 0.25) is 5.91 Å². The van der Waals surface area contributed by atoms with Gasteiger partial charge in [0, 0.05) is 17.3 Å². The maximum atomic E-state index is 12.2. The monoisotopic (exact) mass is 289 g/mol. The second kappa shape index (κ2) is 6.63. The van der Waals surface area contributed by atoms with Crippen LogP contribution in [0.2, 0.25) is 0 Å². The van der Waals surface area contributed by atoms with E-state index in [1.54, 1.807) is 0 Å². The summed E-state index contributed by atoms with van der Waals surface area (Å²) in [6, 6.07) is 0. The molecule has 0 bridgehead atoms. The lowest BCUT2D eigenvalue weighted by atomic mass is 9.82. The Bertz CT molecular complexity index is 224. The van der Waals surface area contributed by atoms with Crippen LogP contribution in [0.4, 0.5) is 0 Å². The standard InChI is InChI=1S/C13H24BrNO/c1-3-13(7-4-5-8-13)12(16)15-10-11(2)6-9-14/h11H,3-10H2,1-2H3,(H,15,16).